The number of phosphoric acid groups is 1. The van der Waals surface area contributed by atoms with Crippen LogP contribution in [0.25, 0.3) is 0 Å². The first-order valence-electron chi connectivity index (χ1n) is 13.6. The van der Waals surface area contributed by atoms with E-state index in [1.165, 1.54) is 0 Å². The summed E-state index contributed by atoms with van der Waals surface area (Å²) in [5.41, 5.74) is 10.5. The summed E-state index contributed by atoms with van der Waals surface area (Å²) >= 11 is 0. The summed E-state index contributed by atoms with van der Waals surface area (Å²) in [4.78, 5) is 10.8. The fourth-order valence-corrected chi connectivity index (χ4v) is 6.66. The Morgan fingerprint density at radius 2 is 0.707 bits per heavy atom. The quantitative estimate of drug-likeness (QED) is 0.183. The Labute approximate surface area is 242 Å². The molecule has 0 spiro atoms. The van der Waals surface area contributed by atoms with Gasteiger partial charge in [0.1, 0.15) is 23.0 Å². The average Bonchev–Trinajstić information content (AvgIpc) is 2.85. The number of hydrogen-bond acceptors (Lipinski definition) is 5. The van der Waals surface area contributed by atoms with Crippen molar-refractivity contribution >= 4 is 7.82 Å². The van der Waals surface area contributed by atoms with Gasteiger partial charge in [-0.3, -0.25) is 4.89 Å². The van der Waals surface area contributed by atoms with Crippen molar-refractivity contribution in [3.8, 4) is 23.0 Å². The van der Waals surface area contributed by atoms with Crippen LogP contribution in [0.1, 0.15) is 66.8 Å². The maximum Gasteiger partial charge on any atom is 0.584 e. The number of hydrogen-bond donors (Lipinski definition) is 3. The molecule has 0 aliphatic heterocycles. The van der Waals surface area contributed by atoms with Crippen LogP contribution < -0.4 is 9.05 Å². The molecule has 0 amide bonds. The van der Waals surface area contributed by atoms with Gasteiger partial charge in [-0.15, -0.1) is 0 Å². The van der Waals surface area contributed by atoms with Gasteiger partial charge in [-0.1, -0.05) is 48.5 Å². The molecule has 0 heterocycles. The van der Waals surface area contributed by atoms with Gasteiger partial charge in [0.25, 0.3) is 0 Å². The number of aromatic hydroxyl groups is 2. The lowest BCUT2D eigenvalue weighted by molar-refractivity contribution is 0.288. The van der Waals surface area contributed by atoms with Crippen molar-refractivity contribution in [2.75, 3.05) is 0 Å². The molecule has 0 aromatic heterocycles. The van der Waals surface area contributed by atoms with Crippen LogP contribution in [0.15, 0.2) is 48.5 Å². The highest BCUT2D eigenvalue weighted by atomic mass is 31.2. The van der Waals surface area contributed by atoms with Gasteiger partial charge in [0.2, 0.25) is 0 Å². The van der Waals surface area contributed by atoms with Crippen LogP contribution in [-0.2, 0) is 17.4 Å². The first-order chi connectivity index (χ1) is 19.1. The SMILES string of the molecule is Cc1cc(Cc2cc(C)c(OP(=O)(O)Oc3c(C)cc(Cc4cc(C)c(O)c(C)c4)cc3C)c(C)c2)cc(C)c1O. The predicted octanol–water partition coefficient (Wildman–Crippen LogP) is 8.30. The fraction of sp³-hybridized carbons (Fsp3) is 0.294. The van der Waals surface area contributed by atoms with Crippen molar-refractivity contribution in [1.29, 1.82) is 0 Å². The molecule has 0 radical (unpaired) electrons. The summed E-state index contributed by atoms with van der Waals surface area (Å²) in [6.07, 6.45) is 1.32. The molecule has 4 aromatic carbocycles. The molecule has 0 saturated heterocycles. The third-order valence-corrected chi connectivity index (χ3v) is 8.20. The summed E-state index contributed by atoms with van der Waals surface area (Å²) < 4.78 is 24.5. The minimum Gasteiger partial charge on any atom is -0.507 e. The molecule has 7 heteroatoms. The number of phenols is 2. The summed E-state index contributed by atoms with van der Waals surface area (Å²) in [6, 6.07) is 15.6. The van der Waals surface area contributed by atoms with Gasteiger partial charge in [-0.2, -0.15) is 0 Å². The average molecular weight is 575 g/mol. The second kappa shape index (κ2) is 11.6. The van der Waals surface area contributed by atoms with Gasteiger partial charge in [0.05, 0.1) is 0 Å². The third kappa shape index (κ3) is 6.95. The zero-order valence-electron chi connectivity index (χ0n) is 25.0. The Kier molecular flexibility index (Phi) is 8.58. The van der Waals surface area contributed by atoms with Crippen LogP contribution in [0, 0.1) is 55.4 Å². The zero-order chi connectivity index (χ0) is 30.2. The summed E-state index contributed by atoms with van der Waals surface area (Å²) in [6.45, 7) is 14.9. The lowest BCUT2D eigenvalue weighted by Crippen LogP contribution is -2.05. The van der Waals surface area contributed by atoms with E-state index in [2.05, 4.69) is 0 Å². The number of benzene rings is 4. The first kappa shape index (κ1) is 30.2. The molecule has 3 N–H and O–H groups in total. The summed E-state index contributed by atoms with van der Waals surface area (Å²) in [7, 11) is -4.50. The molecule has 0 atom stereocenters. The van der Waals surface area contributed by atoms with E-state index < -0.39 is 7.82 Å². The van der Waals surface area contributed by atoms with Gasteiger partial charge >= 0.3 is 7.82 Å². The van der Waals surface area contributed by atoms with Gasteiger partial charge in [-0.25, -0.2) is 4.57 Å². The second-order valence-electron chi connectivity index (χ2n) is 11.3. The lowest BCUT2D eigenvalue weighted by atomic mass is 9.97. The number of phosphoric ester groups is 1. The lowest BCUT2D eigenvalue weighted by Gasteiger charge is -2.20. The predicted molar refractivity (Wildman–Crippen MR) is 164 cm³/mol. The fourth-order valence-electron chi connectivity index (χ4n) is 5.59. The number of rotatable bonds is 8. The van der Waals surface area contributed by atoms with Crippen molar-refractivity contribution in [1.82, 2.24) is 0 Å². The van der Waals surface area contributed by atoms with Crippen LogP contribution in [-0.4, -0.2) is 15.1 Å². The maximum absolute atomic E-state index is 13.2. The standard InChI is InChI=1S/C34H39O6P/c1-19-9-27(10-20(2)31(19)35)17-29-13-23(5)33(24(6)14-29)39-41(37,38)40-34-25(7)15-30(16-26(34)8)18-28-11-21(3)32(36)22(4)12-28/h9-16,35-36H,17-18H2,1-8H3,(H,37,38). The Morgan fingerprint density at radius 3 is 0.951 bits per heavy atom. The Balaban J connectivity index is 1.52. The van der Waals surface area contributed by atoms with Crippen LogP contribution in [0.5, 0.6) is 23.0 Å². The minimum atomic E-state index is -4.50. The van der Waals surface area contributed by atoms with Crippen LogP contribution in [0.3, 0.4) is 0 Å². The van der Waals surface area contributed by atoms with Crippen LogP contribution >= 0.6 is 7.82 Å². The molecule has 41 heavy (non-hydrogen) atoms. The molecular formula is C34H39O6P. The Hall–Kier alpha value is -3.73. The molecule has 0 unspecified atom stereocenters. The molecule has 0 fully saturated rings. The molecule has 216 valence electrons. The van der Waals surface area contributed by atoms with E-state index in [-0.39, 0.29) is 0 Å². The van der Waals surface area contributed by atoms with Gasteiger partial charge in [0, 0.05) is 0 Å². The van der Waals surface area contributed by atoms with E-state index in [0.29, 0.717) is 35.8 Å². The van der Waals surface area contributed by atoms with Crippen LogP contribution in [0.2, 0.25) is 0 Å². The molecule has 0 saturated carbocycles. The largest absolute Gasteiger partial charge is 0.584 e. The molecular weight excluding hydrogens is 535 g/mol. The van der Waals surface area contributed by atoms with E-state index in [1.807, 2.05) is 104 Å². The maximum atomic E-state index is 13.2. The molecule has 4 rings (SSSR count). The minimum absolute atomic E-state index is 0.311. The topological polar surface area (TPSA) is 96.2 Å². The highest BCUT2D eigenvalue weighted by Gasteiger charge is 2.29. The van der Waals surface area contributed by atoms with Gasteiger partial charge in [-0.05, 0) is 135 Å². The van der Waals surface area contributed by atoms with Crippen molar-refractivity contribution in [2.24, 2.45) is 0 Å². The molecule has 0 aliphatic carbocycles. The Bertz CT molecular complexity index is 1470. The second-order valence-corrected chi connectivity index (χ2v) is 12.6. The Morgan fingerprint density at radius 1 is 0.488 bits per heavy atom. The summed E-state index contributed by atoms with van der Waals surface area (Å²) in [5, 5.41) is 20.2. The van der Waals surface area contributed by atoms with E-state index in [0.717, 1.165) is 66.8 Å². The van der Waals surface area contributed by atoms with Gasteiger partial charge in [0.15, 0.2) is 0 Å². The van der Waals surface area contributed by atoms with Crippen molar-refractivity contribution in [2.45, 2.75) is 68.2 Å². The first-order valence-corrected chi connectivity index (χ1v) is 15.1. The monoisotopic (exact) mass is 574 g/mol. The van der Waals surface area contributed by atoms with Crippen molar-refractivity contribution < 1.29 is 28.7 Å². The van der Waals surface area contributed by atoms with E-state index in [9.17, 15) is 19.7 Å². The number of phenolic OH excluding ortho intramolecular Hbond substituents is 2. The third-order valence-electron chi connectivity index (χ3n) is 7.37. The van der Waals surface area contributed by atoms with Crippen molar-refractivity contribution in [3.63, 3.8) is 0 Å². The molecule has 0 aliphatic rings. The highest BCUT2D eigenvalue weighted by molar-refractivity contribution is 7.48. The zero-order valence-corrected chi connectivity index (χ0v) is 25.9. The van der Waals surface area contributed by atoms with E-state index >= 15 is 0 Å². The molecule has 6 nitrogen and oxygen atoms in total. The smallest absolute Gasteiger partial charge is 0.507 e. The molecule has 4 aromatic rings. The molecule has 0 bridgehead atoms. The van der Waals surface area contributed by atoms with Crippen molar-refractivity contribution in [3.05, 3.63) is 115 Å². The number of aryl methyl sites for hydroxylation is 8. The normalized spacial score (nSPS) is 11.5. The highest BCUT2D eigenvalue weighted by Crippen LogP contribution is 2.48. The van der Waals surface area contributed by atoms with E-state index in [4.69, 9.17) is 9.05 Å². The van der Waals surface area contributed by atoms with E-state index in [1.54, 1.807) is 0 Å². The summed E-state index contributed by atoms with van der Waals surface area (Å²) in [5.74, 6) is 1.27. The van der Waals surface area contributed by atoms with Gasteiger partial charge < -0.3 is 19.3 Å². The van der Waals surface area contributed by atoms with Crippen LogP contribution in [0.4, 0.5) is 0 Å².